The van der Waals surface area contributed by atoms with Gasteiger partial charge in [0.1, 0.15) is 19.3 Å². The van der Waals surface area contributed by atoms with E-state index in [-0.39, 0.29) is 31.3 Å². The van der Waals surface area contributed by atoms with E-state index < -0.39 is 18.0 Å². The summed E-state index contributed by atoms with van der Waals surface area (Å²) in [4.78, 5) is 46.7. The van der Waals surface area contributed by atoms with Gasteiger partial charge >= 0.3 is 23.9 Å². The Morgan fingerprint density at radius 1 is 0.422 bits per heavy atom. The summed E-state index contributed by atoms with van der Waals surface area (Å²) in [6, 6.07) is 0. The van der Waals surface area contributed by atoms with Gasteiger partial charge in [-0.15, -0.1) is 0 Å². The fourth-order valence-corrected chi connectivity index (χ4v) is 5.41. The van der Waals surface area contributed by atoms with Crippen LogP contribution in [-0.2, 0) is 38.1 Å². The first kappa shape index (κ1) is 42.9. The maximum Gasteiger partial charge on any atom is 0.306 e. The van der Waals surface area contributed by atoms with Crippen molar-refractivity contribution in [3.05, 3.63) is 0 Å². The Balaban J connectivity index is 4.00. The van der Waals surface area contributed by atoms with E-state index in [1.165, 1.54) is 90.9 Å². The van der Waals surface area contributed by atoms with Crippen LogP contribution in [0.4, 0.5) is 0 Å². The second kappa shape index (κ2) is 31.8. The molecule has 0 rings (SSSR count). The lowest BCUT2D eigenvalue weighted by Gasteiger charge is -2.18. The molecule has 0 amide bonds. The molecule has 0 heterocycles. The molecule has 0 aliphatic rings. The maximum atomic E-state index is 12.5. The highest BCUT2D eigenvalue weighted by molar-refractivity contribution is 5.70. The van der Waals surface area contributed by atoms with Crippen LogP contribution >= 0.6 is 0 Å². The van der Waals surface area contributed by atoms with Crippen molar-refractivity contribution in [1.29, 1.82) is 0 Å². The second-order valence-electron chi connectivity index (χ2n) is 12.6. The van der Waals surface area contributed by atoms with E-state index in [1.54, 1.807) is 0 Å². The van der Waals surface area contributed by atoms with Crippen molar-refractivity contribution < 1.29 is 38.1 Å². The summed E-state index contributed by atoms with van der Waals surface area (Å²) in [5.74, 6) is -1.35. The van der Waals surface area contributed by atoms with Gasteiger partial charge in [-0.2, -0.15) is 0 Å². The van der Waals surface area contributed by atoms with Crippen LogP contribution in [0.1, 0.15) is 188 Å². The predicted molar refractivity (Wildman–Crippen MR) is 180 cm³/mol. The summed E-state index contributed by atoms with van der Waals surface area (Å²) >= 11 is 0. The number of carbonyl (C=O) groups excluding carboxylic acids is 4. The molecule has 2 unspecified atom stereocenters. The molecule has 0 radical (unpaired) electrons. The maximum absolute atomic E-state index is 12.5. The number of carbonyl (C=O) groups is 4. The quantitative estimate of drug-likeness (QED) is 0.0406. The van der Waals surface area contributed by atoms with Crippen LogP contribution in [0, 0.1) is 0 Å². The molecule has 8 nitrogen and oxygen atoms in total. The first-order valence-corrected chi connectivity index (χ1v) is 18.4. The minimum atomic E-state index is -0.789. The molecule has 45 heavy (non-hydrogen) atoms. The van der Waals surface area contributed by atoms with Gasteiger partial charge in [-0.3, -0.25) is 19.2 Å². The van der Waals surface area contributed by atoms with Gasteiger partial charge in [0.05, 0.1) is 0 Å². The van der Waals surface area contributed by atoms with Crippen molar-refractivity contribution in [2.45, 2.75) is 200 Å². The van der Waals surface area contributed by atoms with Crippen LogP contribution in [0.2, 0.25) is 0 Å². The van der Waals surface area contributed by atoms with Gasteiger partial charge in [-0.1, -0.05) is 123 Å². The van der Waals surface area contributed by atoms with Crippen molar-refractivity contribution in [1.82, 2.24) is 0 Å². The Labute approximate surface area is 275 Å². The first-order chi connectivity index (χ1) is 21.8. The van der Waals surface area contributed by atoms with E-state index in [0.717, 1.165) is 70.6 Å². The number of esters is 4. The molecule has 0 aromatic carbocycles. The fourth-order valence-electron chi connectivity index (χ4n) is 5.41. The van der Waals surface area contributed by atoms with Crippen molar-refractivity contribution >= 4 is 23.9 Å². The van der Waals surface area contributed by atoms with Crippen LogP contribution < -0.4 is 0 Å². The number of unbranched alkanes of at least 4 members (excludes halogenated alkanes) is 18. The Morgan fingerprint density at radius 3 is 1.29 bits per heavy atom. The van der Waals surface area contributed by atoms with Gasteiger partial charge in [-0.05, 0) is 38.5 Å². The average Bonchev–Trinajstić information content (AvgIpc) is 3.00. The molecule has 264 valence electrons. The van der Waals surface area contributed by atoms with E-state index in [2.05, 4.69) is 13.8 Å². The lowest BCUT2D eigenvalue weighted by Crippen LogP contribution is -2.29. The molecule has 0 bridgehead atoms. The Bertz CT molecular complexity index is 738. The summed E-state index contributed by atoms with van der Waals surface area (Å²) in [6.45, 7) is 6.74. The Hall–Kier alpha value is -2.12. The lowest BCUT2D eigenvalue weighted by molar-refractivity contribution is -0.164. The summed E-state index contributed by atoms with van der Waals surface area (Å²) in [5.41, 5.74) is 0. The van der Waals surface area contributed by atoms with Gasteiger partial charge in [0.25, 0.3) is 0 Å². The minimum Gasteiger partial charge on any atom is -0.462 e. The molecule has 2 atom stereocenters. The molecular weight excluding hydrogens is 572 g/mol. The van der Waals surface area contributed by atoms with Gasteiger partial charge in [0, 0.05) is 26.7 Å². The zero-order valence-electron chi connectivity index (χ0n) is 29.5. The Morgan fingerprint density at radius 2 is 0.822 bits per heavy atom. The highest BCUT2D eigenvalue weighted by Gasteiger charge is 2.17. The monoisotopic (exact) mass is 640 g/mol. The van der Waals surface area contributed by atoms with Crippen LogP contribution in [-0.4, -0.2) is 49.3 Å². The second-order valence-corrected chi connectivity index (χ2v) is 12.6. The molecule has 0 aliphatic carbocycles. The zero-order chi connectivity index (χ0) is 33.4. The van der Waals surface area contributed by atoms with E-state index in [9.17, 15) is 19.2 Å². The smallest absolute Gasteiger partial charge is 0.306 e. The Kier molecular flexibility index (Phi) is 30.3. The summed E-state index contributed by atoms with van der Waals surface area (Å²) in [7, 11) is 0. The van der Waals surface area contributed by atoms with Crippen molar-refractivity contribution in [2.24, 2.45) is 0 Å². The van der Waals surface area contributed by atoms with Gasteiger partial charge in [-0.25, -0.2) is 0 Å². The summed E-state index contributed by atoms with van der Waals surface area (Å²) in [6.07, 6.45) is 26.7. The molecule has 0 aromatic heterocycles. The highest BCUT2D eigenvalue weighted by Crippen LogP contribution is 2.18. The molecular formula is C37H68O8. The van der Waals surface area contributed by atoms with Crippen LogP contribution in [0.15, 0.2) is 0 Å². The normalized spacial score (nSPS) is 12.4. The molecule has 0 fully saturated rings. The zero-order valence-corrected chi connectivity index (χ0v) is 29.5. The van der Waals surface area contributed by atoms with Crippen molar-refractivity contribution in [3.63, 3.8) is 0 Å². The number of rotatable bonds is 32. The lowest BCUT2D eigenvalue weighted by atomic mass is 10.0. The largest absolute Gasteiger partial charge is 0.462 e. The topological polar surface area (TPSA) is 105 Å². The minimum absolute atomic E-state index is 0.00599. The molecule has 0 aromatic rings. The number of ether oxygens (including phenoxy) is 4. The molecule has 0 aliphatic heterocycles. The van der Waals surface area contributed by atoms with Crippen molar-refractivity contribution in [3.8, 4) is 0 Å². The molecule has 0 saturated heterocycles. The highest BCUT2D eigenvalue weighted by atomic mass is 16.6. The average molecular weight is 641 g/mol. The van der Waals surface area contributed by atoms with Crippen LogP contribution in [0.25, 0.3) is 0 Å². The van der Waals surface area contributed by atoms with E-state index in [0.29, 0.717) is 12.8 Å². The van der Waals surface area contributed by atoms with Gasteiger partial charge in [0.2, 0.25) is 0 Å². The molecule has 8 heteroatoms. The predicted octanol–water partition coefficient (Wildman–Crippen LogP) is 9.73. The third-order valence-electron chi connectivity index (χ3n) is 8.05. The van der Waals surface area contributed by atoms with Crippen molar-refractivity contribution in [2.75, 3.05) is 13.2 Å². The third kappa shape index (κ3) is 31.6. The molecule has 0 saturated carbocycles. The number of hydrogen-bond donors (Lipinski definition) is 0. The van der Waals surface area contributed by atoms with E-state index in [4.69, 9.17) is 18.9 Å². The summed E-state index contributed by atoms with van der Waals surface area (Å²) < 4.78 is 21.0. The SMILES string of the molecule is CCCCCCCCCCCC(=O)OC(CCCCCC)CCCCCCCCCCC(=O)OCC(COC(C)=O)OC(C)=O. The third-order valence-corrected chi connectivity index (χ3v) is 8.05. The summed E-state index contributed by atoms with van der Waals surface area (Å²) in [5, 5.41) is 0. The van der Waals surface area contributed by atoms with Gasteiger partial charge in [0.15, 0.2) is 6.10 Å². The van der Waals surface area contributed by atoms with Crippen LogP contribution in [0.5, 0.6) is 0 Å². The number of hydrogen-bond acceptors (Lipinski definition) is 8. The standard InChI is InChI=1S/C37H68O8/c1-5-7-9-11-12-13-18-21-25-29-37(41)45-34(26-22-10-8-6-2)27-23-19-16-14-15-17-20-24-28-36(40)43-31-35(44-33(4)39)30-42-32(3)38/h34-35H,5-31H2,1-4H3. The molecule has 0 N–H and O–H groups in total. The molecule has 0 spiro atoms. The van der Waals surface area contributed by atoms with Crippen LogP contribution in [0.3, 0.4) is 0 Å². The van der Waals surface area contributed by atoms with E-state index >= 15 is 0 Å². The fraction of sp³-hybridized carbons (Fsp3) is 0.892. The van der Waals surface area contributed by atoms with E-state index in [1.807, 2.05) is 0 Å². The van der Waals surface area contributed by atoms with Gasteiger partial charge < -0.3 is 18.9 Å². The first-order valence-electron chi connectivity index (χ1n) is 18.4.